The first kappa shape index (κ1) is 20.5. The summed E-state index contributed by atoms with van der Waals surface area (Å²) >= 11 is 0. The zero-order chi connectivity index (χ0) is 19.1. The Morgan fingerprint density at radius 2 is 1.24 bits per heavy atom. The molecule has 1 fully saturated rings. The highest BCUT2D eigenvalue weighted by Gasteiger charge is 2.52. The van der Waals surface area contributed by atoms with Gasteiger partial charge in [-0.25, -0.2) is 0 Å². The van der Waals surface area contributed by atoms with Crippen molar-refractivity contribution in [2.24, 2.45) is 5.11 Å². The van der Waals surface area contributed by atoms with Crippen molar-refractivity contribution < 1.29 is 42.9 Å². The van der Waals surface area contributed by atoms with Gasteiger partial charge in [-0.1, -0.05) is 0 Å². The molecule has 1 rings (SSSR count). The Balaban J connectivity index is 3.28. The average Bonchev–Trinajstić information content (AvgIpc) is 2.45. The molecule has 11 heteroatoms. The first-order chi connectivity index (χ1) is 11.6. The van der Waals surface area contributed by atoms with Gasteiger partial charge in [0.1, 0.15) is 6.10 Å². The fourth-order valence-electron chi connectivity index (χ4n) is 2.34. The largest absolute Gasteiger partial charge is 0.712 e. The average molecular weight is 359 g/mol. The molecule has 0 N–H and O–H groups in total. The molecule has 0 aromatic carbocycles. The molecule has 1 aliphatic heterocycles. The smallest absolute Gasteiger partial charge is 0.305 e. The maximum Gasteiger partial charge on any atom is 0.305 e. The predicted octanol–water partition coefficient (Wildman–Crippen LogP) is 0.0911. The SMILES string of the molecule is CC(=O)OC1OC(CN=[N-])C(OC(C)=O)C(OC(C)=O)C1OC(C)=O. The van der Waals surface area contributed by atoms with Gasteiger partial charge < -0.3 is 34.3 Å². The topological polar surface area (TPSA) is 149 Å². The second-order valence-corrected chi connectivity index (χ2v) is 5.20. The lowest BCUT2D eigenvalue weighted by Gasteiger charge is -2.43. The van der Waals surface area contributed by atoms with E-state index in [-0.39, 0.29) is 6.54 Å². The Kier molecular flexibility index (Phi) is 7.43. The van der Waals surface area contributed by atoms with Gasteiger partial charge >= 0.3 is 23.9 Å². The van der Waals surface area contributed by atoms with Crippen LogP contribution in [0.3, 0.4) is 0 Å². The van der Waals surface area contributed by atoms with E-state index in [1.165, 1.54) is 0 Å². The van der Waals surface area contributed by atoms with Gasteiger partial charge in [-0.3, -0.25) is 19.2 Å². The third-order valence-corrected chi connectivity index (χ3v) is 3.04. The number of carbonyl (C=O) groups excluding carboxylic acids is 4. The monoisotopic (exact) mass is 359 g/mol. The molecule has 5 unspecified atom stereocenters. The van der Waals surface area contributed by atoms with Crippen LogP contribution in [0.2, 0.25) is 0 Å². The molecule has 0 aromatic heterocycles. The quantitative estimate of drug-likeness (QED) is 0.365. The van der Waals surface area contributed by atoms with E-state index in [9.17, 15) is 19.2 Å². The second-order valence-electron chi connectivity index (χ2n) is 5.20. The summed E-state index contributed by atoms with van der Waals surface area (Å²) in [5, 5.41) is 2.93. The van der Waals surface area contributed by atoms with Crippen LogP contribution in [0.25, 0.3) is 5.53 Å². The first-order valence-corrected chi connectivity index (χ1v) is 7.31. The van der Waals surface area contributed by atoms with Crippen LogP contribution < -0.4 is 0 Å². The zero-order valence-electron chi connectivity index (χ0n) is 14.2. The van der Waals surface area contributed by atoms with Crippen molar-refractivity contribution in [2.45, 2.75) is 58.4 Å². The molecule has 0 radical (unpaired) electrons. The Hall–Kier alpha value is -2.56. The van der Waals surface area contributed by atoms with Gasteiger partial charge in [-0.2, -0.15) is 0 Å². The predicted molar refractivity (Wildman–Crippen MR) is 77.7 cm³/mol. The summed E-state index contributed by atoms with van der Waals surface area (Å²) < 4.78 is 25.7. The minimum absolute atomic E-state index is 0.375. The van der Waals surface area contributed by atoms with E-state index in [1.54, 1.807) is 0 Å². The van der Waals surface area contributed by atoms with Crippen molar-refractivity contribution in [3.05, 3.63) is 5.53 Å². The molecule has 1 heterocycles. The summed E-state index contributed by atoms with van der Waals surface area (Å²) in [6.45, 7) is 4.01. The highest BCUT2D eigenvalue weighted by atomic mass is 16.7. The highest BCUT2D eigenvalue weighted by Crippen LogP contribution is 2.29. The maximum absolute atomic E-state index is 11.4. The lowest BCUT2D eigenvalue weighted by atomic mass is 9.97. The second kappa shape index (κ2) is 9.06. The fraction of sp³-hybridized carbons (Fsp3) is 0.714. The molecule has 5 atom stereocenters. The van der Waals surface area contributed by atoms with E-state index >= 15 is 0 Å². The molecule has 11 nitrogen and oxygen atoms in total. The molecule has 140 valence electrons. The number of carbonyl (C=O) groups is 4. The molecular formula is C14H19N2O9-. The zero-order valence-corrected chi connectivity index (χ0v) is 14.2. The third-order valence-electron chi connectivity index (χ3n) is 3.04. The summed E-state index contributed by atoms with van der Waals surface area (Å²) in [5.74, 6) is -3.02. The van der Waals surface area contributed by atoms with Crippen LogP contribution in [0.5, 0.6) is 0 Å². The minimum Gasteiger partial charge on any atom is -0.712 e. The Morgan fingerprint density at radius 3 is 1.68 bits per heavy atom. The summed E-state index contributed by atoms with van der Waals surface area (Å²) in [6.07, 6.45) is -6.55. The Bertz CT molecular complexity index is 550. The van der Waals surface area contributed by atoms with Crippen molar-refractivity contribution in [2.75, 3.05) is 6.54 Å². The van der Waals surface area contributed by atoms with E-state index in [2.05, 4.69) is 5.11 Å². The van der Waals surface area contributed by atoms with E-state index in [1.807, 2.05) is 0 Å². The maximum atomic E-state index is 11.4. The lowest BCUT2D eigenvalue weighted by Crippen LogP contribution is -2.62. The molecule has 0 saturated carbocycles. The van der Waals surface area contributed by atoms with Crippen LogP contribution in [0.1, 0.15) is 27.7 Å². The van der Waals surface area contributed by atoms with Crippen molar-refractivity contribution in [1.29, 1.82) is 0 Å². The minimum atomic E-state index is -1.45. The number of rotatable bonds is 6. The van der Waals surface area contributed by atoms with E-state index < -0.39 is 54.6 Å². The van der Waals surface area contributed by atoms with E-state index in [0.29, 0.717) is 0 Å². The molecule has 0 amide bonds. The number of esters is 4. The van der Waals surface area contributed by atoms with Crippen LogP contribution in [-0.4, -0.2) is 61.1 Å². The first-order valence-electron chi connectivity index (χ1n) is 7.31. The number of hydrogen-bond acceptors (Lipinski definition) is 10. The Morgan fingerprint density at radius 1 is 0.800 bits per heavy atom. The molecule has 1 saturated heterocycles. The van der Waals surface area contributed by atoms with Crippen molar-refractivity contribution in [3.8, 4) is 0 Å². The molecule has 0 aromatic rings. The van der Waals surface area contributed by atoms with Gasteiger partial charge in [-0.15, -0.1) is 0 Å². The summed E-state index contributed by atoms with van der Waals surface area (Å²) in [7, 11) is 0. The normalized spacial score (nSPS) is 28.4. The van der Waals surface area contributed by atoms with Gasteiger partial charge in [0.05, 0.1) is 0 Å². The molecule has 25 heavy (non-hydrogen) atoms. The standard InChI is InChI=1S/C14H19N2O9/c1-6(17)21-11-10(5-16-15)25-14(24-9(4)20)13(23-8(3)19)12(11)22-7(2)18/h10-14H,5H2,1-4H3/q-1. The van der Waals surface area contributed by atoms with Crippen LogP contribution in [-0.2, 0) is 42.9 Å². The lowest BCUT2D eigenvalue weighted by molar-refractivity contribution is -0.293. The molecular weight excluding hydrogens is 340 g/mol. The van der Waals surface area contributed by atoms with Crippen LogP contribution >= 0.6 is 0 Å². The third kappa shape index (κ3) is 6.10. The van der Waals surface area contributed by atoms with Gasteiger partial charge in [0.15, 0.2) is 12.2 Å². The van der Waals surface area contributed by atoms with Crippen LogP contribution in [0.15, 0.2) is 5.11 Å². The number of ether oxygens (including phenoxy) is 5. The number of hydrogen-bond donors (Lipinski definition) is 0. The van der Waals surface area contributed by atoms with E-state index in [0.717, 1.165) is 27.7 Å². The van der Waals surface area contributed by atoms with Gasteiger partial charge in [0.25, 0.3) is 0 Å². The van der Waals surface area contributed by atoms with Crippen molar-refractivity contribution in [3.63, 3.8) is 0 Å². The molecule has 0 aliphatic carbocycles. The molecule has 0 bridgehead atoms. The summed E-state index contributed by atoms with van der Waals surface area (Å²) in [4.78, 5) is 45.5. The molecule has 1 aliphatic rings. The fourth-order valence-corrected chi connectivity index (χ4v) is 2.34. The van der Waals surface area contributed by atoms with Crippen molar-refractivity contribution >= 4 is 23.9 Å². The Labute approximate surface area is 143 Å². The number of nitrogens with zero attached hydrogens (tertiary/aromatic N) is 2. The van der Waals surface area contributed by atoms with Crippen LogP contribution in [0, 0.1) is 0 Å². The summed E-state index contributed by atoms with van der Waals surface area (Å²) in [5.41, 5.74) is 8.82. The van der Waals surface area contributed by atoms with Gasteiger partial charge in [0.2, 0.25) is 12.4 Å². The van der Waals surface area contributed by atoms with Gasteiger partial charge in [-0.05, 0) is 0 Å². The van der Waals surface area contributed by atoms with Crippen LogP contribution in [0.4, 0.5) is 0 Å². The van der Waals surface area contributed by atoms with Crippen molar-refractivity contribution in [1.82, 2.24) is 0 Å². The van der Waals surface area contributed by atoms with Gasteiger partial charge in [0, 0.05) is 34.2 Å². The molecule has 0 spiro atoms. The highest BCUT2D eigenvalue weighted by molar-refractivity contribution is 5.69. The summed E-state index contributed by atoms with van der Waals surface area (Å²) in [6, 6.07) is 0. The van der Waals surface area contributed by atoms with E-state index in [4.69, 9.17) is 29.2 Å².